The van der Waals surface area contributed by atoms with Crippen LogP contribution in [0.2, 0.25) is 0 Å². The maximum Gasteiger partial charge on any atom is 0.416 e. The predicted molar refractivity (Wildman–Crippen MR) is 140 cm³/mol. The summed E-state index contributed by atoms with van der Waals surface area (Å²) >= 11 is 0. The lowest BCUT2D eigenvalue weighted by molar-refractivity contribution is 0.0576. The third-order valence-corrected chi connectivity index (χ3v) is 5.82. The number of H-pyrrole nitrogens is 1. The summed E-state index contributed by atoms with van der Waals surface area (Å²) in [5.74, 6) is 1.51. The van der Waals surface area contributed by atoms with Gasteiger partial charge in [0.2, 0.25) is 0 Å². The number of carbonyl (C=O) groups excluding carboxylic acids is 1. The van der Waals surface area contributed by atoms with Crippen molar-refractivity contribution < 1.29 is 19.0 Å². The first-order chi connectivity index (χ1) is 17.6. The smallest absolute Gasteiger partial charge is 0.416 e. The average Bonchev–Trinajstić information content (AvgIpc) is 3.21. The number of aromatic amines is 1. The number of rotatable bonds is 7. The van der Waals surface area contributed by atoms with E-state index in [2.05, 4.69) is 9.97 Å². The fraction of sp³-hybridized carbons (Fsp3) is 0.333. The molecule has 0 spiro atoms. The predicted octanol–water partition coefficient (Wildman–Crippen LogP) is 4.69. The molecule has 1 atom stereocenters. The molecule has 3 aromatic heterocycles. The van der Waals surface area contributed by atoms with Crippen LogP contribution >= 0.6 is 0 Å². The Bertz CT molecular complexity index is 1460. The zero-order valence-electron chi connectivity index (χ0n) is 21.8. The number of benzene rings is 1. The molecule has 4 aromatic rings. The Kier molecular flexibility index (Phi) is 7.19. The molecular weight excluding hydrogens is 474 g/mol. The van der Waals surface area contributed by atoms with Gasteiger partial charge in [0, 0.05) is 24.0 Å². The number of aromatic nitrogens is 4. The van der Waals surface area contributed by atoms with Gasteiger partial charge in [0.25, 0.3) is 0 Å². The van der Waals surface area contributed by atoms with Crippen molar-refractivity contribution in [2.24, 2.45) is 0 Å². The molecule has 0 fully saturated rings. The third-order valence-electron chi connectivity index (χ3n) is 5.82. The Labute approximate surface area is 214 Å². The largest absolute Gasteiger partial charge is 0.497 e. The van der Waals surface area contributed by atoms with E-state index >= 15 is 0 Å². The van der Waals surface area contributed by atoms with Crippen molar-refractivity contribution in [2.75, 3.05) is 19.1 Å². The Hall–Kier alpha value is -4.34. The Morgan fingerprint density at radius 1 is 1.14 bits per heavy atom. The Morgan fingerprint density at radius 2 is 1.92 bits per heavy atom. The lowest BCUT2D eigenvalue weighted by atomic mass is 10.1. The number of hydrogen-bond donors (Lipinski definition) is 1. The fourth-order valence-corrected chi connectivity index (χ4v) is 3.98. The van der Waals surface area contributed by atoms with E-state index in [1.165, 1.54) is 4.90 Å². The van der Waals surface area contributed by atoms with Gasteiger partial charge in [0.15, 0.2) is 5.65 Å². The van der Waals surface area contributed by atoms with Crippen LogP contribution in [0.5, 0.6) is 11.5 Å². The summed E-state index contributed by atoms with van der Waals surface area (Å²) in [6, 6.07) is 12.1. The van der Waals surface area contributed by atoms with Gasteiger partial charge in [-0.1, -0.05) is 6.07 Å². The van der Waals surface area contributed by atoms with E-state index in [9.17, 15) is 9.59 Å². The van der Waals surface area contributed by atoms with E-state index in [-0.39, 0.29) is 18.3 Å². The van der Waals surface area contributed by atoms with Gasteiger partial charge in [-0.25, -0.2) is 14.6 Å². The van der Waals surface area contributed by atoms with E-state index in [0.29, 0.717) is 28.5 Å². The van der Waals surface area contributed by atoms with E-state index in [1.807, 2.05) is 25.1 Å². The maximum atomic E-state index is 13.4. The minimum Gasteiger partial charge on any atom is -0.497 e. The molecule has 0 aliphatic carbocycles. The summed E-state index contributed by atoms with van der Waals surface area (Å²) in [7, 11) is 3.13. The normalized spacial score (nSPS) is 12.3. The van der Waals surface area contributed by atoms with Crippen LogP contribution in [0, 0.1) is 0 Å². The van der Waals surface area contributed by atoms with Crippen LogP contribution in [0.1, 0.15) is 44.9 Å². The molecule has 0 saturated heterocycles. The minimum atomic E-state index is -0.728. The topological polar surface area (TPSA) is 112 Å². The van der Waals surface area contributed by atoms with E-state index < -0.39 is 11.7 Å². The van der Waals surface area contributed by atoms with Crippen molar-refractivity contribution in [3.63, 3.8) is 0 Å². The zero-order chi connectivity index (χ0) is 26.7. The lowest BCUT2D eigenvalue weighted by Gasteiger charge is -2.27. The summed E-state index contributed by atoms with van der Waals surface area (Å²) < 4.78 is 18.1. The second-order valence-corrected chi connectivity index (χ2v) is 9.55. The summed E-state index contributed by atoms with van der Waals surface area (Å²) in [6.45, 7) is 7.41. The number of anilines is 1. The van der Waals surface area contributed by atoms with Gasteiger partial charge in [-0.05, 0) is 63.6 Å². The van der Waals surface area contributed by atoms with Crippen molar-refractivity contribution >= 4 is 23.1 Å². The van der Waals surface area contributed by atoms with Gasteiger partial charge in [-0.2, -0.15) is 0 Å². The van der Waals surface area contributed by atoms with Crippen molar-refractivity contribution in [1.29, 1.82) is 0 Å². The summed E-state index contributed by atoms with van der Waals surface area (Å²) in [4.78, 5) is 39.5. The number of hydrogen-bond acceptors (Lipinski definition) is 7. The van der Waals surface area contributed by atoms with Crippen LogP contribution in [0.3, 0.4) is 0 Å². The lowest BCUT2D eigenvalue weighted by Crippen LogP contribution is -2.37. The number of pyridine rings is 2. The summed E-state index contributed by atoms with van der Waals surface area (Å²) in [5.41, 5.74) is 1.51. The van der Waals surface area contributed by atoms with Crippen molar-refractivity contribution in [3.05, 3.63) is 76.5 Å². The number of nitrogens with one attached hydrogen (secondary N) is 1. The molecule has 3 heterocycles. The highest BCUT2D eigenvalue weighted by Gasteiger charge is 2.27. The number of nitrogens with zero attached hydrogens (tertiary/aromatic N) is 4. The van der Waals surface area contributed by atoms with Crippen LogP contribution in [0.15, 0.2) is 59.7 Å². The fourth-order valence-electron chi connectivity index (χ4n) is 3.98. The Morgan fingerprint density at radius 3 is 2.57 bits per heavy atom. The second-order valence-electron chi connectivity index (χ2n) is 9.55. The van der Waals surface area contributed by atoms with Crippen LogP contribution < -0.4 is 20.1 Å². The van der Waals surface area contributed by atoms with Gasteiger partial charge < -0.3 is 19.2 Å². The van der Waals surface area contributed by atoms with Crippen LogP contribution in [0.25, 0.3) is 11.2 Å². The standard InChI is InChI=1S/C27H31N5O5/c1-17(18-8-7-13-28-15-18)32-24-21(29-25(32)33)11-12-23(30-24)31(26(34)37-27(2,3)4)16-19-9-10-20(35-5)14-22(19)36-6/h7-15,17H,16H2,1-6H3,(H,29,33). The van der Waals surface area contributed by atoms with Gasteiger partial charge in [0.05, 0.1) is 32.3 Å². The third kappa shape index (κ3) is 5.58. The quantitative estimate of drug-likeness (QED) is 0.388. The molecule has 194 valence electrons. The zero-order valence-corrected chi connectivity index (χ0v) is 21.8. The molecule has 10 nitrogen and oxygen atoms in total. The number of fused-ring (bicyclic) bond motifs is 1. The Balaban J connectivity index is 1.81. The van der Waals surface area contributed by atoms with E-state index in [0.717, 1.165) is 11.1 Å². The van der Waals surface area contributed by atoms with Crippen molar-refractivity contribution in [3.8, 4) is 11.5 Å². The number of carbonyl (C=O) groups is 1. The van der Waals surface area contributed by atoms with Gasteiger partial charge >= 0.3 is 11.8 Å². The molecule has 0 radical (unpaired) electrons. The number of imidazole rings is 1. The van der Waals surface area contributed by atoms with Crippen LogP contribution in [0.4, 0.5) is 10.6 Å². The second kappa shape index (κ2) is 10.3. The van der Waals surface area contributed by atoms with Crippen LogP contribution in [-0.2, 0) is 11.3 Å². The van der Waals surface area contributed by atoms with Crippen LogP contribution in [-0.4, -0.2) is 45.4 Å². The molecule has 0 saturated carbocycles. The first kappa shape index (κ1) is 25.7. The highest BCUT2D eigenvalue weighted by molar-refractivity contribution is 5.88. The highest BCUT2D eigenvalue weighted by Crippen LogP contribution is 2.29. The molecule has 1 unspecified atom stereocenters. The first-order valence-electron chi connectivity index (χ1n) is 11.8. The molecule has 1 aromatic carbocycles. The molecule has 0 aliphatic rings. The minimum absolute atomic E-state index is 0.118. The maximum absolute atomic E-state index is 13.4. The first-order valence-corrected chi connectivity index (χ1v) is 11.8. The molecule has 4 rings (SSSR count). The van der Waals surface area contributed by atoms with Gasteiger partial charge in [-0.15, -0.1) is 0 Å². The molecule has 1 amide bonds. The average molecular weight is 506 g/mol. The molecule has 0 bridgehead atoms. The number of ether oxygens (including phenoxy) is 3. The van der Waals surface area contributed by atoms with Crippen molar-refractivity contribution in [2.45, 2.75) is 45.9 Å². The monoisotopic (exact) mass is 505 g/mol. The molecule has 10 heteroatoms. The van der Waals surface area contributed by atoms with Gasteiger partial charge in [0.1, 0.15) is 22.9 Å². The van der Waals surface area contributed by atoms with E-state index in [1.54, 1.807) is 76.2 Å². The highest BCUT2D eigenvalue weighted by atomic mass is 16.6. The number of amides is 1. The van der Waals surface area contributed by atoms with Crippen molar-refractivity contribution in [1.82, 2.24) is 19.5 Å². The van der Waals surface area contributed by atoms with Gasteiger partial charge in [-0.3, -0.25) is 14.5 Å². The molecule has 0 aliphatic heterocycles. The number of methoxy groups -OCH3 is 2. The molecular formula is C27H31N5O5. The SMILES string of the molecule is COc1ccc(CN(C(=O)OC(C)(C)C)c2ccc3[nH]c(=O)n(C(C)c4cccnc4)c3n2)c(OC)c1. The summed E-state index contributed by atoms with van der Waals surface area (Å²) in [5, 5.41) is 0. The molecule has 37 heavy (non-hydrogen) atoms. The summed E-state index contributed by atoms with van der Waals surface area (Å²) in [6.07, 6.45) is 2.81. The molecule has 1 N–H and O–H groups in total. The van der Waals surface area contributed by atoms with E-state index in [4.69, 9.17) is 19.2 Å².